The summed E-state index contributed by atoms with van der Waals surface area (Å²) in [5, 5.41) is 3.72. The van der Waals surface area contributed by atoms with Gasteiger partial charge >= 0.3 is 0 Å². The Hall–Kier alpha value is -2.77. The number of alkyl halides is 2. The van der Waals surface area contributed by atoms with E-state index in [1.165, 1.54) is 11.7 Å². The van der Waals surface area contributed by atoms with Crippen molar-refractivity contribution in [3.05, 3.63) is 47.3 Å². The van der Waals surface area contributed by atoms with Crippen molar-refractivity contribution in [1.29, 1.82) is 0 Å². The second-order valence-corrected chi connectivity index (χ2v) is 7.41. The summed E-state index contributed by atoms with van der Waals surface area (Å²) >= 11 is 0. The SMILES string of the molecule is Cn1nc(C(F)F)cc1C(=O)N1CCCC2(CC1)CC(=O)c1ccccc1O2. The van der Waals surface area contributed by atoms with Gasteiger partial charge in [-0.05, 0) is 31.0 Å². The van der Waals surface area contributed by atoms with E-state index in [2.05, 4.69) is 5.10 Å². The van der Waals surface area contributed by atoms with Crippen molar-refractivity contribution in [3.63, 3.8) is 0 Å². The van der Waals surface area contributed by atoms with Crippen molar-refractivity contribution >= 4 is 11.7 Å². The Balaban J connectivity index is 1.52. The summed E-state index contributed by atoms with van der Waals surface area (Å²) in [4.78, 5) is 27.1. The lowest BCUT2D eigenvalue weighted by molar-refractivity contribution is 0.0300. The van der Waals surface area contributed by atoms with E-state index in [4.69, 9.17) is 4.74 Å². The van der Waals surface area contributed by atoms with Gasteiger partial charge in [0.15, 0.2) is 5.78 Å². The zero-order chi connectivity index (χ0) is 19.9. The summed E-state index contributed by atoms with van der Waals surface area (Å²) in [6.07, 6.45) is -0.599. The number of fused-ring (bicyclic) bond motifs is 1. The van der Waals surface area contributed by atoms with Crippen LogP contribution in [0.3, 0.4) is 0 Å². The Labute approximate surface area is 161 Å². The minimum Gasteiger partial charge on any atom is -0.486 e. The van der Waals surface area contributed by atoms with Crippen LogP contribution in [0.25, 0.3) is 0 Å². The van der Waals surface area contributed by atoms with Crippen LogP contribution in [-0.2, 0) is 7.05 Å². The molecule has 1 spiro atoms. The second-order valence-electron chi connectivity index (χ2n) is 7.41. The zero-order valence-corrected chi connectivity index (χ0v) is 15.5. The van der Waals surface area contributed by atoms with Crippen LogP contribution in [0, 0.1) is 0 Å². The Bertz CT molecular complexity index is 927. The summed E-state index contributed by atoms with van der Waals surface area (Å²) in [5.41, 5.74) is -0.298. The number of ether oxygens (including phenoxy) is 1. The number of hydrogen-bond donors (Lipinski definition) is 0. The molecule has 2 aliphatic rings. The molecule has 0 N–H and O–H groups in total. The van der Waals surface area contributed by atoms with Crippen LogP contribution in [0.1, 0.15) is 58.6 Å². The number of hydrogen-bond acceptors (Lipinski definition) is 4. The quantitative estimate of drug-likeness (QED) is 0.790. The molecular weight excluding hydrogens is 368 g/mol. The fraction of sp³-hybridized carbons (Fsp3) is 0.450. The molecule has 0 bridgehead atoms. The van der Waals surface area contributed by atoms with Crippen LogP contribution >= 0.6 is 0 Å². The fourth-order valence-electron chi connectivity index (χ4n) is 4.05. The maximum atomic E-state index is 12.9. The minimum absolute atomic E-state index is 0.0508. The third kappa shape index (κ3) is 3.27. The fourth-order valence-corrected chi connectivity index (χ4v) is 4.05. The van der Waals surface area contributed by atoms with Gasteiger partial charge in [-0.25, -0.2) is 8.78 Å². The third-order valence-electron chi connectivity index (χ3n) is 5.52. The molecule has 28 heavy (non-hydrogen) atoms. The lowest BCUT2D eigenvalue weighted by atomic mass is 9.84. The first-order valence-corrected chi connectivity index (χ1v) is 9.31. The van der Waals surface area contributed by atoms with Crippen molar-refractivity contribution in [2.75, 3.05) is 13.1 Å². The predicted octanol–water partition coefficient (Wildman–Crippen LogP) is 3.39. The molecular formula is C20H21F2N3O3. The van der Waals surface area contributed by atoms with Crippen molar-refractivity contribution in [3.8, 4) is 5.75 Å². The van der Waals surface area contributed by atoms with Gasteiger partial charge in [0.2, 0.25) is 0 Å². The standard InChI is InChI=1S/C20H21F2N3O3/c1-24-15(11-14(23-24)18(21)22)19(27)25-9-4-7-20(8-10-25)12-16(26)13-5-2-3-6-17(13)28-20/h2-3,5-6,11,18H,4,7-10,12H2,1H3. The third-order valence-corrected chi connectivity index (χ3v) is 5.52. The molecule has 2 aromatic rings. The van der Waals surface area contributed by atoms with Crippen molar-refractivity contribution in [1.82, 2.24) is 14.7 Å². The van der Waals surface area contributed by atoms with Crippen LogP contribution in [0.5, 0.6) is 5.75 Å². The zero-order valence-electron chi connectivity index (χ0n) is 15.5. The van der Waals surface area contributed by atoms with Crippen molar-refractivity contribution in [2.24, 2.45) is 7.05 Å². The predicted molar refractivity (Wildman–Crippen MR) is 96.7 cm³/mol. The van der Waals surface area contributed by atoms with Crippen LogP contribution in [0.4, 0.5) is 8.78 Å². The lowest BCUT2D eigenvalue weighted by Gasteiger charge is -2.37. The van der Waals surface area contributed by atoms with E-state index < -0.39 is 17.7 Å². The number of carbonyl (C=O) groups excluding carboxylic acids is 2. The maximum absolute atomic E-state index is 12.9. The second kappa shape index (κ2) is 7.00. The highest BCUT2D eigenvalue weighted by molar-refractivity contribution is 6.00. The molecule has 0 radical (unpaired) electrons. The Kier molecular flexibility index (Phi) is 4.64. The van der Waals surface area contributed by atoms with E-state index in [1.807, 2.05) is 12.1 Å². The van der Waals surface area contributed by atoms with Crippen LogP contribution < -0.4 is 4.74 Å². The smallest absolute Gasteiger partial charge is 0.282 e. The molecule has 148 valence electrons. The van der Waals surface area contributed by atoms with Gasteiger partial charge in [0, 0.05) is 26.6 Å². The molecule has 0 saturated carbocycles. The average molecular weight is 389 g/mol. The number of aryl methyl sites for hydroxylation is 1. The van der Waals surface area contributed by atoms with Crippen LogP contribution in [0.15, 0.2) is 30.3 Å². The van der Waals surface area contributed by atoms with Gasteiger partial charge in [0.25, 0.3) is 12.3 Å². The summed E-state index contributed by atoms with van der Waals surface area (Å²) in [6, 6.07) is 8.35. The van der Waals surface area contributed by atoms with E-state index in [0.29, 0.717) is 43.7 Å². The van der Waals surface area contributed by atoms with Gasteiger partial charge in [-0.3, -0.25) is 14.3 Å². The van der Waals surface area contributed by atoms with Gasteiger partial charge in [0.05, 0.1) is 12.0 Å². The molecule has 8 heteroatoms. The number of amides is 1. The first-order valence-electron chi connectivity index (χ1n) is 9.31. The average Bonchev–Trinajstić information content (AvgIpc) is 2.95. The molecule has 1 aromatic carbocycles. The molecule has 2 aliphatic heterocycles. The first kappa shape index (κ1) is 18.6. The molecule has 1 aromatic heterocycles. The Morgan fingerprint density at radius 2 is 2.04 bits per heavy atom. The molecule has 0 aliphatic carbocycles. The van der Waals surface area contributed by atoms with Crippen LogP contribution in [0.2, 0.25) is 0 Å². The topological polar surface area (TPSA) is 64.4 Å². The van der Waals surface area contributed by atoms with E-state index in [9.17, 15) is 18.4 Å². The summed E-state index contributed by atoms with van der Waals surface area (Å²) < 4.78 is 33.2. The number of halogens is 2. The first-order chi connectivity index (χ1) is 13.4. The Morgan fingerprint density at radius 1 is 1.25 bits per heavy atom. The number of benzene rings is 1. The molecule has 1 fully saturated rings. The number of ketones is 1. The summed E-state index contributed by atoms with van der Waals surface area (Å²) in [6.45, 7) is 0.873. The molecule has 1 saturated heterocycles. The van der Waals surface area contributed by atoms with Gasteiger partial charge < -0.3 is 9.64 Å². The molecule has 3 heterocycles. The highest BCUT2D eigenvalue weighted by Crippen LogP contribution is 2.39. The van der Waals surface area contributed by atoms with E-state index in [-0.39, 0.29) is 23.8 Å². The number of likely N-dealkylation sites (tertiary alicyclic amines) is 1. The minimum atomic E-state index is -2.72. The molecule has 4 rings (SSSR count). The van der Waals surface area contributed by atoms with E-state index in [1.54, 1.807) is 17.0 Å². The van der Waals surface area contributed by atoms with Crippen molar-refractivity contribution < 1.29 is 23.1 Å². The number of carbonyl (C=O) groups is 2. The van der Waals surface area contributed by atoms with Crippen molar-refractivity contribution in [2.45, 2.75) is 37.7 Å². The van der Waals surface area contributed by atoms with Gasteiger partial charge in [-0.1, -0.05) is 12.1 Å². The van der Waals surface area contributed by atoms with Gasteiger partial charge in [-0.15, -0.1) is 0 Å². The normalized spacial score (nSPS) is 22.1. The highest BCUT2D eigenvalue weighted by Gasteiger charge is 2.42. The Morgan fingerprint density at radius 3 is 2.79 bits per heavy atom. The largest absolute Gasteiger partial charge is 0.486 e. The van der Waals surface area contributed by atoms with Gasteiger partial charge in [-0.2, -0.15) is 5.10 Å². The van der Waals surface area contributed by atoms with E-state index >= 15 is 0 Å². The van der Waals surface area contributed by atoms with E-state index in [0.717, 1.165) is 6.07 Å². The summed E-state index contributed by atoms with van der Waals surface area (Å²) in [7, 11) is 1.48. The number of rotatable bonds is 2. The van der Waals surface area contributed by atoms with Crippen LogP contribution in [-0.4, -0.2) is 45.1 Å². The highest BCUT2D eigenvalue weighted by atomic mass is 19.3. The molecule has 1 unspecified atom stereocenters. The number of aromatic nitrogens is 2. The molecule has 6 nitrogen and oxygen atoms in total. The molecule has 1 atom stereocenters. The molecule has 1 amide bonds. The number of para-hydroxylation sites is 1. The lowest BCUT2D eigenvalue weighted by Crippen LogP contribution is -2.43. The number of Topliss-reactive ketones (excluding diaryl/α,β-unsaturated/α-hetero) is 1. The number of nitrogens with zero attached hydrogens (tertiary/aromatic N) is 3. The maximum Gasteiger partial charge on any atom is 0.282 e. The summed E-state index contributed by atoms with van der Waals surface area (Å²) in [5.74, 6) is 0.308. The van der Waals surface area contributed by atoms with Gasteiger partial charge in [0.1, 0.15) is 22.7 Å². The monoisotopic (exact) mass is 389 g/mol.